The zero-order chi connectivity index (χ0) is 20.1. The third-order valence-electron chi connectivity index (χ3n) is 5.75. The summed E-state index contributed by atoms with van der Waals surface area (Å²) < 4.78 is 14.9. The van der Waals surface area contributed by atoms with Gasteiger partial charge in [-0.1, -0.05) is 6.07 Å². The van der Waals surface area contributed by atoms with Crippen molar-refractivity contribution in [1.29, 1.82) is 0 Å². The molecule has 1 unspecified atom stereocenters. The Morgan fingerprint density at radius 1 is 1.39 bits per heavy atom. The lowest BCUT2D eigenvalue weighted by atomic mass is 9.91. The molecule has 1 aromatic rings. The summed E-state index contributed by atoms with van der Waals surface area (Å²) in [5.41, 5.74) is 0.294. The highest BCUT2D eigenvalue weighted by Gasteiger charge is 2.42. The number of carboxylic acids is 1. The Balaban J connectivity index is 1.41. The van der Waals surface area contributed by atoms with Crippen molar-refractivity contribution in [2.24, 2.45) is 0 Å². The van der Waals surface area contributed by atoms with E-state index < -0.39 is 23.6 Å². The van der Waals surface area contributed by atoms with E-state index in [0.29, 0.717) is 13.0 Å². The highest BCUT2D eigenvalue weighted by molar-refractivity contribution is 5.85. The number of fused-ring (bicyclic) bond motifs is 1. The van der Waals surface area contributed by atoms with E-state index in [2.05, 4.69) is 21.7 Å². The second kappa shape index (κ2) is 8.86. The molecule has 8 heteroatoms. The summed E-state index contributed by atoms with van der Waals surface area (Å²) in [6.45, 7) is 3.46. The molecule has 0 radical (unpaired) electrons. The average molecular weight is 392 g/mol. The van der Waals surface area contributed by atoms with E-state index in [1.54, 1.807) is 11.8 Å². The standard InChI is InChI=1S/C20H29FN4O3/c1-14(18(26)27)25-12-8-20(21,9-13-25)19(28)23-11-3-5-16-7-6-15-4-2-10-22-17(15)24-16/h6-7,14H,2-5,8-13H2,1H3,(H,22,24)(H,23,28)(H,26,27). The number of rotatable bonds is 7. The van der Waals surface area contributed by atoms with Crippen molar-refractivity contribution < 1.29 is 19.1 Å². The van der Waals surface area contributed by atoms with Crippen molar-refractivity contribution in [3.05, 3.63) is 23.4 Å². The quantitative estimate of drug-likeness (QED) is 0.612. The number of amides is 1. The van der Waals surface area contributed by atoms with Crippen LogP contribution in [0.5, 0.6) is 0 Å². The summed E-state index contributed by atoms with van der Waals surface area (Å²) in [5.74, 6) is -0.560. The van der Waals surface area contributed by atoms with Gasteiger partial charge in [0.15, 0.2) is 5.67 Å². The van der Waals surface area contributed by atoms with E-state index in [1.807, 2.05) is 6.07 Å². The Hall–Kier alpha value is -2.22. The number of nitrogens with zero attached hydrogens (tertiary/aromatic N) is 2. The first-order valence-electron chi connectivity index (χ1n) is 10.1. The van der Waals surface area contributed by atoms with Gasteiger partial charge < -0.3 is 15.7 Å². The molecule has 1 fully saturated rings. The molecule has 0 spiro atoms. The zero-order valence-electron chi connectivity index (χ0n) is 16.3. The summed E-state index contributed by atoms with van der Waals surface area (Å²) in [7, 11) is 0. The van der Waals surface area contributed by atoms with Crippen LogP contribution >= 0.6 is 0 Å². The van der Waals surface area contributed by atoms with Crippen LogP contribution in [0.15, 0.2) is 12.1 Å². The molecule has 0 saturated carbocycles. The first kappa shape index (κ1) is 20.5. The number of hydrogen-bond donors (Lipinski definition) is 3. The highest BCUT2D eigenvalue weighted by atomic mass is 19.1. The molecule has 3 heterocycles. The minimum absolute atomic E-state index is 0.0223. The van der Waals surface area contributed by atoms with E-state index in [4.69, 9.17) is 5.11 Å². The fourth-order valence-electron chi connectivity index (χ4n) is 3.79. The largest absolute Gasteiger partial charge is 0.480 e. The number of pyridine rings is 1. The fourth-order valence-corrected chi connectivity index (χ4v) is 3.79. The average Bonchev–Trinajstić information content (AvgIpc) is 2.71. The number of halogens is 1. The fraction of sp³-hybridized carbons (Fsp3) is 0.650. The maximum absolute atomic E-state index is 14.9. The van der Waals surface area contributed by atoms with Gasteiger partial charge in [0.25, 0.3) is 5.91 Å². The predicted molar refractivity (Wildman–Crippen MR) is 104 cm³/mol. The van der Waals surface area contributed by atoms with E-state index in [9.17, 15) is 14.0 Å². The summed E-state index contributed by atoms with van der Waals surface area (Å²) in [4.78, 5) is 29.6. The van der Waals surface area contributed by atoms with E-state index in [1.165, 1.54) is 5.56 Å². The van der Waals surface area contributed by atoms with Crippen molar-refractivity contribution in [1.82, 2.24) is 15.2 Å². The summed E-state index contributed by atoms with van der Waals surface area (Å²) in [6, 6.07) is 3.46. The van der Waals surface area contributed by atoms with Crippen molar-refractivity contribution in [3.8, 4) is 0 Å². The van der Waals surface area contributed by atoms with Crippen LogP contribution in [0.3, 0.4) is 0 Å². The van der Waals surface area contributed by atoms with Crippen LogP contribution in [0.25, 0.3) is 0 Å². The molecule has 7 nitrogen and oxygen atoms in total. The minimum Gasteiger partial charge on any atom is -0.480 e. The van der Waals surface area contributed by atoms with E-state index in [-0.39, 0.29) is 25.9 Å². The first-order chi connectivity index (χ1) is 13.4. The number of anilines is 1. The number of hydrogen-bond acceptors (Lipinski definition) is 5. The summed E-state index contributed by atoms with van der Waals surface area (Å²) in [5, 5.41) is 15.1. The molecule has 3 rings (SSSR count). The predicted octanol–water partition coefficient (Wildman–Crippen LogP) is 1.77. The number of carbonyl (C=O) groups is 2. The molecular weight excluding hydrogens is 363 g/mol. The molecule has 1 aromatic heterocycles. The highest BCUT2D eigenvalue weighted by Crippen LogP contribution is 2.28. The molecule has 1 atom stereocenters. The number of aliphatic carboxylic acids is 1. The second-order valence-electron chi connectivity index (χ2n) is 7.72. The van der Waals surface area contributed by atoms with Crippen LogP contribution in [-0.4, -0.2) is 64.8 Å². The van der Waals surface area contributed by atoms with Crippen molar-refractivity contribution in [3.63, 3.8) is 0 Å². The summed E-state index contributed by atoms with van der Waals surface area (Å²) in [6.07, 6.45) is 3.63. The molecule has 0 bridgehead atoms. The molecule has 1 saturated heterocycles. The van der Waals surface area contributed by atoms with Crippen molar-refractivity contribution in [2.75, 3.05) is 31.5 Å². The Bertz CT molecular complexity index is 719. The normalized spacial score (nSPS) is 19.9. The molecule has 3 N–H and O–H groups in total. The lowest BCUT2D eigenvalue weighted by molar-refractivity contribution is -0.145. The van der Waals surface area contributed by atoms with Crippen LogP contribution in [0, 0.1) is 0 Å². The third-order valence-corrected chi connectivity index (χ3v) is 5.75. The smallest absolute Gasteiger partial charge is 0.320 e. The second-order valence-corrected chi connectivity index (χ2v) is 7.72. The Morgan fingerprint density at radius 3 is 2.86 bits per heavy atom. The molecule has 1 amide bonds. The molecule has 0 aromatic carbocycles. The van der Waals surface area contributed by atoms with Gasteiger partial charge in [0.2, 0.25) is 0 Å². The van der Waals surface area contributed by atoms with E-state index >= 15 is 0 Å². The molecule has 154 valence electrons. The molecular formula is C20H29FN4O3. The van der Waals surface area contributed by atoms with Gasteiger partial charge in [-0.15, -0.1) is 0 Å². The Labute approximate surface area is 164 Å². The van der Waals surface area contributed by atoms with E-state index in [0.717, 1.165) is 37.3 Å². The SMILES string of the molecule is CC(C(=O)O)N1CCC(F)(C(=O)NCCCc2ccc3c(n2)NCCC3)CC1. The number of alkyl halides is 1. The van der Waals surface area contributed by atoms with Gasteiger partial charge in [-0.25, -0.2) is 9.37 Å². The number of aryl methyl sites for hydroxylation is 2. The number of aromatic nitrogens is 1. The number of carboxylic acid groups (broad SMARTS) is 1. The minimum atomic E-state index is -1.91. The number of piperidine rings is 1. The van der Waals surface area contributed by atoms with Crippen LogP contribution < -0.4 is 10.6 Å². The van der Waals surface area contributed by atoms with Crippen molar-refractivity contribution >= 4 is 17.7 Å². The molecule has 0 aliphatic carbocycles. The van der Waals surface area contributed by atoms with Gasteiger partial charge in [0, 0.05) is 44.7 Å². The Morgan fingerprint density at radius 2 is 2.14 bits per heavy atom. The number of carbonyl (C=O) groups excluding carboxylic acids is 1. The van der Waals surface area contributed by atoms with Crippen LogP contribution in [0.1, 0.15) is 43.9 Å². The molecule has 28 heavy (non-hydrogen) atoms. The van der Waals surface area contributed by atoms with Crippen LogP contribution in [0.4, 0.5) is 10.2 Å². The van der Waals surface area contributed by atoms with Crippen LogP contribution in [-0.2, 0) is 22.4 Å². The Kier molecular flexibility index (Phi) is 6.49. The maximum Gasteiger partial charge on any atom is 0.320 e. The van der Waals surface area contributed by atoms with Gasteiger partial charge in [0.1, 0.15) is 11.9 Å². The van der Waals surface area contributed by atoms with Crippen molar-refractivity contribution in [2.45, 2.75) is 57.2 Å². The van der Waals surface area contributed by atoms with Crippen LogP contribution in [0.2, 0.25) is 0 Å². The van der Waals surface area contributed by atoms with Gasteiger partial charge in [0.05, 0.1) is 0 Å². The van der Waals surface area contributed by atoms with Gasteiger partial charge in [-0.05, 0) is 44.2 Å². The third kappa shape index (κ3) is 4.79. The topological polar surface area (TPSA) is 94.6 Å². The van der Waals surface area contributed by atoms with Gasteiger partial charge in [-0.2, -0.15) is 0 Å². The maximum atomic E-state index is 14.9. The van der Waals surface area contributed by atoms with Gasteiger partial charge in [-0.3, -0.25) is 14.5 Å². The lowest BCUT2D eigenvalue weighted by Gasteiger charge is -2.37. The molecule has 2 aliphatic heterocycles. The monoisotopic (exact) mass is 392 g/mol. The number of likely N-dealkylation sites (tertiary alicyclic amines) is 1. The molecule has 2 aliphatic rings. The van der Waals surface area contributed by atoms with Gasteiger partial charge >= 0.3 is 5.97 Å². The summed E-state index contributed by atoms with van der Waals surface area (Å²) >= 11 is 0. The first-order valence-corrected chi connectivity index (χ1v) is 10.1. The zero-order valence-corrected chi connectivity index (χ0v) is 16.3. The number of nitrogens with one attached hydrogen (secondary N) is 2. The lowest BCUT2D eigenvalue weighted by Crippen LogP contribution is -2.54.